The molecule has 1 saturated heterocycles. The Kier molecular flexibility index (Phi) is 7.98. The molecule has 0 spiro atoms. The molecular weight excluding hydrogens is 562 g/mol. The summed E-state index contributed by atoms with van der Waals surface area (Å²) in [4.78, 5) is 15.9. The molecule has 0 bridgehead atoms. The Morgan fingerprint density at radius 1 is 0.902 bits per heavy atom. The average molecular weight is 590 g/mol. The number of fused-ring (bicyclic) bond motifs is 1. The zero-order chi connectivity index (χ0) is 28.2. The maximum atomic E-state index is 13.4. The second-order valence-electron chi connectivity index (χ2n) is 9.80. The Hall–Kier alpha value is -4.21. The van der Waals surface area contributed by atoms with Crippen LogP contribution in [0.2, 0.25) is 10.0 Å². The fourth-order valence-electron chi connectivity index (χ4n) is 4.87. The highest BCUT2D eigenvalue weighted by atomic mass is 35.5. The lowest BCUT2D eigenvalue weighted by Gasteiger charge is -2.26. The van der Waals surface area contributed by atoms with Gasteiger partial charge in [-0.15, -0.1) is 0 Å². The van der Waals surface area contributed by atoms with Gasteiger partial charge in [-0.1, -0.05) is 47.5 Å². The Morgan fingerprint density at radius 3 is 2.49 bits per heavy atom. The van der Waals surface area contributed by atoms with Crippen molar-refractivity contribution in [3.05, 3.63) is 99.9 Å². The number of hydrazone groups is 1. The molecule has 0 atom stereocenters. The van der Waals surface area contributed by atoms with E-state index in [1.54, 1.807) is 24.4 Å². The summed E-state index contributed by atoms with van der Waals surface area (Å²) in [6.45, 7) is 2.34. The standard InChI is InChI=1S/C30H27Cl2FN8/c31-22-9-8-20(26(32)16-22)18-41-19-21(25-6-2-3-7-27(25)41)17-34-39-29-36-28(35-24-12-10-23(33)11-13-24)37-30(38-29)40-14-4-1-5-15-40/h2-3,6-13,16-17,19H,1,4-5,14-15,18H2,(H2,35,36,37,38,39). The number of rotatable bonds is 8. The van der Waals surface area contributed by atoms with Crippen molar-refractivity contribution in [1.29, 1.82) is 0 Å². The Morgan fingerprint density at radius 2 is 1.68 bits per heavy atom. The molecule has 0 radical (unpaired) electrons. The molecule has 1 fully saturated rings. The highest BCUT2D eigenvalue weighted by molar-refractivity contribution is 6.35. The zero-order valence-corrected chi connectivity index (χ0v) is 23.6. The molecule has 41 heavy (non-hydrogen) atoms. The highest BCUT2D eigenvalue weighted by Crippen LogP contribution is 2.26. The van der Waals surface area contributed by atoms with E-state index in [1.807, 2.05) is 30.5 Å². The lowest BCUT2D eigenvalue weighted by molar-refractivity contribution is 0.568. The van der Waals surface area contributed by atoms with Crippen LogP contribution in [0.1, 0.15) is 30.4 Å². The van der Waals surface area contributed by atoms with Crippen LogP contribution in [0.25, 0.3) is 10.9 Å². The fraction of sp³-hybridized carbons (Fsp3) is 0.200. The monoisotopic (exact) mass is 588 g/mol. The van der Waals surface area contributed by atoms with E-state index in [0.29, 0.717) is 40.1 Å². The molecule has 6 rings (SSSR count). The van der Waals surface area contributed by atoms with Crippen LogP contribution in [0.15, 0.2) is 78.0 Å². The minimum Gasteiger partial charge on any atom is -0.342 e. The van der Waals surface area contributed by atoms with E-state index in [2.05, 4.69) is 52.4 Å². The number of piperidine rings is 1. The molecule has 0 amide bonds. The molecule has 0 saturated carbocycles. The molecule has 1 aliphatic rings. The van der Waals surface area contributed by atoms with Crippen molar-refractivity contribution in [3.8, 4) is 0 Å². The third-order valence-corrected chi connectivity index (χ3v) is 7.49. The molecule has 11 heteroatoms. The Bertz CT molecular complexity index is 1700. The topological polar surface area (TPSA) is 83.3 Å². The summed E-state index contributed by atoms with van der Waals surface area (Å²) in [6, 6.07) is 19.7. The summed E-state index contributed by atoms with van der Waals surface area (Å²) in [6.07, 6.45) is 7.14. The van der Waals surface area contributed by atoms with Crippen molar-refractivity contribution in [1.82, 2.24) is 19.5 Å². The molecule has 208 valence electrons. The van der Waals surface area contributed by atoms with Gasteiger partial charge in [-0.2, -0.15) is 20.1 Å². The number of halogens is 3. The third-order valence-electron chi connectivity index (χ3n) is 6.91. The van der Waals surface area contributed by atoms with E-state index in [4.69, 9.17) is 23.2 Å². The van der Waals surface area contributed by atoms with E-state index in [1.165, 1.54) is 18.6 Å². The van der Waals surface area contributed by atoms with Crippen LogP contribution >= 0.6 is 23.2 Å². The second kappa shape index (κ2) is 12.1. The van der Waals surface area contributed by atoms with E-state index in [9.17, 15) is 4.39 Å². The molecule has 1 aliphatic heterocycles. The summed E-state index contributed by atoms with van der Waals surface area (Å²) < 4.78 is 15.5. The highest BCUT2D eigenvalue weighted by Gasteiger charge is 2.17. The molecule has 2 N–H and O–H groups in total. The van der Waals surface area contributed by atoms with E-state index in [-0.39, 0.29) is 5.82 Å². The number of anilines is 4. The van der Waals surface area contributed by atoms with Gasteiger partial charge in [-0.3, -0.25) is 0 Å². The molecule has 5 aromatic rings. The quantitative estimate of drug-likeness (QED) is 0.144. The fourth-order valence-corrected chi connectivity index (χ4v) is 5.34. The van der Waals surface area contributed by atoms with Crippen molar-refractivity contribution in [2.75, 3.05) is 28.7 Å². The largest absolute Gasteiger partial charge is 0.342 e. The van der Waals surface area contributed by atoms with Gasteiger partial charge in [0.15, 0.2) is 0 Å². The van der Waals surface area contributed by atoms with Gasteiger partial charge in [-0.05, 0) is 67.3 Å². The summed E-state index contributed by atoms with van der Waals surface area (Å²) in [5, 5.41) is 9.90. The minimum atomic E-state index is -0.311. The van der Waals surface area contributed by atoms with Crippen LogP contribution in [0, 0.1) is 5.82 Å². The minimum absolute atomic E-state index is 0.304. The first-order valence-corrected chi connectivity index (χ1v) is 14.1. The van der Waals surface area contributed by atoms with Crippen molar-refractivity contribution < 1.29 is 4.39 Å². The zero-order valence-electron chi connectivity index (χ0n) is 22.1. The molecule has 3 heterocycles. The first-order chi connectivity index (χ1) is 20.0. The smallest absolute Gasteiger partial charge is 0.250 e. The molecule has 3 aromatic carbocycles. The first kappa shape index (κ1) is 27.0. The van der Waals surface area contributed by atoms with Crippen molar-refractivity contribution in [2.45, 2.75) is 25.8 Å². The first-order valence-electron chi connectivity index (χ1n) is 13.4. The summed E-state index contributed by atoms with van der Waals surface area (Å²) >= 11 is 12.5. The molecule has 0 unspecified atom stereocenters. The second-order valence-corrected chi connectivity index (χ2v) is 10.6. The summed E-state index contributed by atoms with van der Waals surface area (Å²) in [7, 11) is 0. The third kappa shape index (κ3) is 6.42. The van der Waals surface area contributed by atoms with Gasteiger partial charge in [0.05, 0.1) is 6.21 Å². The lowest BCUT2D eigenvalue weighted by Crippen LogP contribution is -2.31. The maximum Gasteiger partial charge on any atom is 0.250 e. The van der Waals surface area contributed by atoms with E-state index in [0.717, 1.165) is 48.0 Å². The molecule has 2 aromatic heterocycles. The average Bonchev–Trinajstić information content (AvgIpc) is 3.33. The van der Waals surface area contributed by atoms with Crippen LogP contribution in [-0.2, 0) is 6.54 Å². The normalized spacial score (nSPS) is 13.7. The summed E-state index contributed by atoms with van der Waals surface area (Å²) in [5.74, 6) is 0.910. The van der Waals surface area contributed by atoms with Crippen molar-refractivity contribution in [3.63, 3.8) is 0 Å². The Balaban J connectivity index is 1.26. The van der Waals surface area contributed by atoms with Crippen LogP contribution in [0.5, 0.6) is 0 Å². The number of para-hydroxylation sites is 1. The molecule has 8 nitrogen and oxygen atoms in total. The number of benzene rings is 3. The lowest BCUT2D eigenvalue weighted by atomic mass is 10.1. The van der Waals surface area contributed by atoms with Gasteiger partial charge >= 0.3 is 0 Å². The van der Waals surface area contributed by atoms with Crippen LogP contribution in [-0.4, -0.2) is 38.8 Å². The van der Waals surface area contributed by atoms with Gasteiger partial charge in [0.2, 0.25) is 17.8 Å². The van der Waals surface area contributed by atoms with Crippen molar-refractivity contribution >= 4 is 63.9 Å². The van der Waals surface area contributed by atoms with Gasteiger partial charge in [0, 0.05) is 58.0 Å². The predicted octanol–water partition coefficient (Wildman–Crippen LogP) is 7.50. The number of hydrogen-bond acceptors (Lipinski definition) is 7. The van der Waals surface area contributed by atoms with Crippen molar-refractivity contribution in [2.24, 2.45) is 5.10 Å². The predicted molar refractivity (Wildman–Crippen MR) is 164 cm³/mol. The SMILES string of the molecule is Fc1ccc(Nc2nc(NN=Cc3cn(Cc4ccc(Cl)cc4Cl)c4ccccc34)nc(N3CCCCC3)n2)cc1. The molecule has 0 aliphatic carbocycles. The van der Waals surface area contributed by atoms with Gasteiger partial charge in [0.25, 0.3) is 0 Å². The number of nitrogens with one attached hydrogen (secondary N) is 2. The van der Waals surface area contributed by atoms with Crippen LogP contribution < -0.4 is 15.6 Å². The van der Waals surface area contributed by atoms with E-state index >= 15 is 0 Å². The van der Waals surface area contributed by atoms with Crippen LogP contribution in [0.3, 0.4) is 0 Å². The van der Waals surface area contributed by atoms with Gasteiger partial charge in [0.1, 0.15) is 5.82 Å². The molecular formula is C30H27Cl2FN8. The Labute approximate surface area is 246 Å². The summed E-state index contributed by atoms with van der Waals surface area (Å²) in [5.41, 5.74) is 6.60. The van der Waals surface area contributed by atoms with E-state index < -0.39 is 0 Å². The van der Waals surface area contributed by atoms with Gasteiger partial charge < -0.3 is 14.8 Å². The number of aromatic nitrogens is 4. The maximum absolute atomic E-state index is 13.4. The number of nitrogens with zero attached hydrogens (tertiary/aromatic N) is 6. The number of hydrogen-bond donors (Lipinski definition) is 2. The van der Waals surface area contributed by atoms with Gasteiger partial charge in [-0.25, -0.2) is 9.82 Å². The van der Waals surface area contributed by atoms with Crippen LogP contribution in [0.4, 0.5) is 27.9 Å².